The summed E-state index contributed by atoms with van der Waals surface area (Å²) in [6.07, 6.45) is 4.56. The first-order chi connectivity index (χ1) is 10.4. The number of carbonyl (C=O) groups excluding carboxylic acids is 1. The van der Waals surface area contributed by atoms with E-state index in [0.29, 0.717) is 12.0 Å². The summed E-state index contributed by atoms with van der Waals surface area (Å²) in [4.78, 5) is 12.1. The van der Waals surface area contributed by atoms with Gasteiger partial charge in [0.1, 0.15) is 0 Å². The third kappa shape index (κ3) is 3.80. The smallest absolute Gasteiger partial charge is 0.282 e. The summed E-state index contributed by atoms with van der Waals surface area (Å²) in [6.45, 7) is 3.90. The van der Waals surface area contributed by atoms with Crippen LogP contribution < -0.4 is 10.6 Å². The van der Waals surface area contributed by atoms with Crippen LogP contribution in [0.25, 0.3) is 0 Å². The Morgan fingerprint density at radius 1 is 1.23 bits per heavy atom. The number of anilines is 1. The van der Waals surface area contributed by atoms with E-state index in [1.165, 1.54) is 6.42 Å². The second-order valence-electron chi connectivity index (χ2n) is 6.12. The SMILES string of the molecule is C[C@H]([NH2+][C@@H]1CCCC[C@@H]1C)C(=O)Nc1ccc(F)c(F)c1F. The molecule has 1 amide bonds. The van der Waals surface area contributed by atoms with Crippen molar-refractivity contribution in [2.45, 2.75) is 51.6 Å². The Bertz CT molecular complexity index is 550. The first-order valence-corrected chi connectivity index (χ1v) is 7.69. The van der Waals surface area contributed by atoms with Crippen molar-refractivity contribution in [1.82, 2.24) is 0 Å². The Morgan fingerprint density at radius 2 is 1.91 bits per heavy atom. The van der Waals surface area contributed by atoms with Crippen molar-refractivity contribution in [3.05, 3.63) is 29.6 Å². The van der Waals surface area contributed by atoms with E-state index in [1.807, 2.05) is 5.32 Å². The van der Waals surface area contributed by atoms with Crippen LogP contribution in [-0.2, 0) is 4.79 Å². The van der Waals surface area contributed by atoms with Crippen molar-refractivity contribution in [1.29, 1.82) is 0 Å². The lowest BCUT2D eigenvalue weighted by Gasteiger charge is -2.28. The molecule has 3 nitrogen and oxygen atoms in total. The minimum atomic E-state index is -1.57. The Labute approximate surface area is 128 Å². The van der Waals surface area contributed by atoms with Gasteiger partial charge in [0.2, 0.25) is 0 Å². The molecule has 0 saturated heterocycles. The van der Waals surface area contributed by atoms with Crippen molar-refractivity contribution in [2.24, 2.45) is 5.92 Å². The fourth-order valence-electron chi connectivity index (χ4n) is 2.96. The molecule has 0 bridgehead atoms. The summed E-state index contributed by atoms with van der Waals surface area (Å²) in [5.74, 6) is -4.10. The van der Waals surface area contributed by atoms with E-state index >= 15 is 0 Å². The van der Waals surface area contributed by atoms with Crippen molar-refractivity contribution < 1.29 is 23.3 Å². The highest BCUT2D eigenvalue weighted by atomic mass is 19.2. The molecule has 3 N–H and O–H groups in total. The molecule has 1 aliphatic rings. The second-order valence-corrected chi connectivity index (χ2v) is 6.12. The molecule has 0 unspecified atom stereocenters. The predicted octanol–water partition coefficient (Wildman–Crippen LogP) is 2.57. The van der Waals surface area contributed by atoms with Crippen molar-refractivity contribution in [2.75, 3.05) is 5.32 Å². The number of nitrogens with one attached hydrogen (secondary N) is 1. The minimum Gasteiger partial charge on any atom is -0.334 e. The summed E-state index contributed by atoms with van der Waals surface area (Å²) in [5, 5.41) is 4.31. The molecule has 0 radical (unpaired) electrons. The lowest BCUT2D eigenvalue weighted by Crippen LogP contribution is -2.97. The Hall–Kier alpha value is -1.56. The van der Waals surface area contributed by atoms with Crippen LogP contribution >= 0.6 is 0 Å². The number of nitrogens with two attached hydrogens (primary N) is 1. The van der Waals surface area contributed by atoms with Crippen LogP contribution in [0.15, 0.2) is 12.1 Å². The van der Waals surface area contributed by atoms with E-state index in [-0.39, 0.29) is 5.69 Å². The van der Waals surface area contributed by atoms with Gasteiger partial charge in [0.05, 0.1) is 11.7 Å². The van der Waals surface area contributed by atoms with Gasteiger partial charge in [0, 0.05) is 5.92 Å². The summed E-state index contributed by atoms with van der Waals surface area (Å²) in [5.41, 5.74) is -0.333. The molecule has 0 heterocycles. The zero-order valence-electron chi connectivity index (χ0n) is 12.8. The van der Waals surface area contributed by atoms with Crippen molar-refractivity contribution in [3.8, 4) is 0 Å². The zero-order chi connectivity index (χ0) is 16.3. The molecule has 22 heavy (non-hydrogen) atoms. The third-order valence-electron chi connectivity index (χ3n) is 4.42. The van der Waals surface area contributed by atoms with E-state index in [0.717, 1.165) is 31.4 Å². The van der Waals surface area contributed by atoms with Crippen LogP contribution in [-0.4, -0.2) is 18.0 Å². The summed E-state index contributed by atoms with van der Waals surface area (Å²) >= 11 is 0. The molecule has 0 aliphatic heterocycles. The van der Waals surface area contributed by atoms with Gasteiger partial charge in [0.25, 0.3) is 5.91 Å². The molecule has 1 aromatic rings. The van der Waals surface area contributed by atoms with E-state index in [2.05, 4.69) is 12.2 Å². The van der Waals surface area contributed by atoms with E-state index in [1.54, 1.807) is 6.92 Å². The van der Waals surface area contributed by atoms with Crippen LogP contribution in [0, 0.1) is 23.4 Å². The van der Waals surface area contributed by atoms with Gasteiger partial charge in [-0.05, 0) is 38.3 Å². The Morgan fingerprint density at radius 3 is 2.59 bits per heavy atom. The average Bonchev–Trinajstić information content (AvgIpc) is 2.50. The number of quaternary nitrogens is 1. The molecule has 2 rings (SSSR count). The molecular formula is C16H22F3N2O+. The molecule has 0 aromatic heterocycles. The normalized spacial score (nSPS) is 23.1. The standard InChI is InChI=1S/C16H21F3N2O/c1-9-5-3-4-6-12(9)20-10(2)16(22)21-13-8-7-11(17)14(18)15(13)19/h7-10,12,20H,3-6H2,1-2H3,(H,21,22)/p+1/t9-,10-,12+/m0/s1. The van der Waals surface area contributed by atoms with Crippen LogP contribution in [0.3, 0.4) is 0 Å². The van der Waals surface area contributed by atoms with Gasteiger partial charge in [-0.2, -0.15) is 0 Å². The first kappa shape index (κ1) is 16.8. The predicted molar refractivity (Wildman–Crippen MR) is 77.8 cm³/mol. The Kier molecular flexibility index (Phi) is 5.45. The fourth-order valence-corrected chi connectivity index (χ4v) is 2.96. The first-order valence-electron chi connectivity index (χ1n) is 7.69. The highest BCUT2D eigenvalue weighted by molar-refractivity contribution is 5.93. The maximum Gasteiger partial charge on any atom is 0.282 e. The Balaban J connectivity index is 1.98. The number of rotatable bonds is 4. The number of amides is 1. The summed E-state index contributed by atoms with van der Waals surface area (Å²) < 4.78 is 39.6. The molecule has 1 fully saturated rings. The highest BCUT2D eigenvalue weighted by Gasteiger charge is 2.29. The minimum absolute atomic E-state index is 0.333. The van der Waals surface area contributed by atoms with Crippen LogP contribution in [0.4, 0.5) is 18.9 Å². The molecule has 6 heteroatoms. The largest absolute Gasteiger partial charge is 0.334 e. The number of halogens is 3. The average molecular weight is 315 g/mol. The van der Waals surface area contributed by atoms with Gasteiger partial charge < -0.3 is 10.6 Å². The van der Waals surface area contributed by atoms with Gasteiger partial charge in [-0.1, -0.05) is 13.3 Å². The summed E-state index contributed by atoms with van der Waals surface area (Å²) in [6, 6.07) is 1.77. The highest BCUT2D eigenvalue weighted by Crippen LogP contribution is 2.22. The zero-order valence-corrected chi connectivity index (χ0v) is 12.8. The van der Waals surface area contributed by atoms with Gasteiger partial charge in [-0.3, -0.25) is 4.79 Å². The third-order valence-corrected chi connectivity index (χ3v) is 4.42. The molecule has 122 valence electrons. The molecular weight excluding hydrogens is 293 g/mol. The molecule has 1 saturated carbocycles. The second kappa shape index (κ2) is 7.13. The number of carbonyl (C=O) groups is 1. The van der Waals surface area contributed by atoms with Crippen LogP contribution in [0.1, 0.15) is 39.5 Å². The number of hydrogen-bond acceptors (Lipinski definition) is 1. The number of benzene rings is 1. The molecule has 3 atom stereocenters. The lowest BCUT2D eigenvalue weighted by molar-refractivity contribution is -0.714. The maximum atomic E-state index is 13.6. The lowest BCUT2D eigenvalue weighted by atomic mass is 9.85. The van der Waals surface area contributed by atoms with Gasteiger partial charge >= 0.3 is 0 Å². The quantitative estimate of drug-likeness (QED) is 0.824. The van der Waals surface area contributed by atoms with E-state index < -0.39 is 29.4 Å². The molecule has 0 spiro atoms. The van der Waals surface area contributed by atoms with E-state index in [9.17, 15) is 18.0 Å². The fraction of sp³-hybridized carbons (Fsp3) is 0.562. The van der Waals surface area contributed by atoms with Crippen LogP contribution in [0.2, 0.25) is 0 Å². The van der Waals surface area contributed by atoms with Crippen molar-refractivity contribution >= 4 is 11.6 Å². The monoisotopic (exact) mass is 315 g/mol. The van der Waals surface area contributed by atoms with Gasteiger partial charge in [-0.15, -0.1) is 0 Å². The van der Waals surface area contributed by atoms with E-state index in [4.69, 9.17) is 0 Å². The van der Waals surface area contributed by atoms with Crippen molar-refractivity contribution in [3.63, 3.8) is 0 Å². The number of hydrogen-bond donors (Lipinski definition) is 2. The molecule has 1 aromatic carbocycles. The topological polar surface area (TPSA) is 45.7 Å². The van der Waals surface area contributed by atoms with Gasteiger partial charge in [0.15, 0.2) is 23.5 Å². The molecule has 1 aliphatic carbocycles. The maximum absolute atomic E-state index is 13.6. The van der Waals surface area contributed by atoms with Crippen LogP contribution in [0.5, 0.6) is 0 Å². The van der Waals surface area contributed by atoms with Gasteiger partial charge in [-0.25, -0.2) is 13.2 Å². The summed E-state index contributed by atoms with van der Waals surface area (Å²) in [7, 11) is 0.